The number of nitrogens with one attached hydrogen (secondary N) is 1. The van der Waals surface area contributed by atoms with E-state index in [4.69, 9.17) is 10.2 Å². The Labute approximate surface area is 124 Å². The van der Waals surface area contributed by atoms with Gasteiger partial charge in [0.2, 0.25) is 10.0 Å². The molecule has 0 fully saturated rings. The highest BCUT2D eigenvalue weighted by Crippen LogP contribution is 2.12. The Bertz CT molecular complexity index is 765. The van der Waals surface area contributed by atoms with Gasteiger partial charge in [-0.3, -0.25) is 0 Å². The largest absolute Gasteiger partial charge is 0.465 e. The maximum Gasteiger partial charge on any atom is 0.240 e. The number of hydrogen-bond acceptors (Lipinski definition) is 4. The lowest BCUT2D eigenvalue weighted by Crippen LogP contribution is -2.22. The van der Waals surface area contributed by atoms with Crippen molar-refractivity contribution in [3.63, 3.8) is 0 Å². The van der Waals surface area contributed by atoms with E-state index in [1.807, 2.05) is 0 Å². The molecule has 3 N–H and O–H groups in total. The zero-order valence-electron chi connectivity index (χ0n) is 11.6. The third kappa shape index (κ3) is 4.20. The first-order valence-corrected chi connectivity index (χ1v) is 7.83. The normalized spacial score (nSPS) is 11.0. The van der Waals surface area contributed by atoms with Crippen molar-refractivity contribution in [3.8, 4) is 11.8 Å². The molecule has 6 heteroatoms. The molecule has 0 saturated carbocycles. The summed E-state index contributed by atoms with van der Waals surface area (Å²) >= 11 is 0. The van der Waals surface area contributed by atoms with Gasteiger partial charge in [-0.15, -0.1) is 0 Å². The molecule has 0 aliphatic heterocycles. The summed E-state index contributed by atoms with van der Waals surface area (Å²) in [6.45, 7) is 2.19. The Kier molecular flexibility index (Phi) is 4.81. The SMILES string of the molecule is Cc1ccc(CNS(=O)(=O)c2ccc(C#CCN)cc2)o1. The van der Waals surface area contributed by atoms with Gasteiger partial charge in [-0.1, -0.05) is 11.8 Å². The van der Waals surface area contributed by atoms with Gasteiger partial charge in [-0.25, -0.2) is 13.1 Å². The molecule has 21 heavy (non-hydrogen) atoms. The van der Waals surface area contributed by atoms with Crippen LogP contribution in [0.3, 0.4) is 0 Å². The highest BCUT2D eigenvalue weighted by Gasteiger charge is 2.14. The highest BCUT2D eigenvalue weighted by atomic mass is 32.2. The molecule has 110 valence electrons. The van der Waals surface area contributed by atoms with E-state index in [1.54, 1.807) is 31.2 Å². The molecule has 0 bridgehead atoms. The summed E-state index contributed by atoms with van der Waals surface area (Å²) in [5, 5.41) is 0. The summed E-state index contributed by atoms with van der Waals surface area (Å²) in [7, 11) is -3.57. The fraction of sp³-hybridized carbons (Fsp3) is 0.200. The minimum atomic E-state index is -3.57. The number of furan rings is 1. The fourth-order valence-electron chi connectivity index (χ4n) is 1.70. The molecule has 0 aliphatic carbocycles. The number of aryl methyl sites for hydroxylation is 1. The highest BCUT2D eigenvalue weighted by molar-refractivity contribution is 7.89. The van der Waals surface area contributed by atoms with Crippen LogP contribution in [0.15, 0.2) is 45.7 Å². The maximum absolute atomic E-state index is 12.1. The van der Waals surface area contributed by atoms with Gasteiger partial charge in [-0.05, 0) is 43.3 Å². The monoisotopic (exact) mass is 304 g/mol. The van der Waals surface area contributed by atoms with Crippen LogP contribution in [0.25, 0.3) is 0 Å². The Morgan fingerprint density at radius 2 is 1.90 bits per heavy atom. The molecule has 0 radical (unpaired) electrons. The molecule has 0 atom stereocenters. The van der Waals surface area contributed by atoms with Crippen LogP contribution in [0.2, 0.25) is 0 Å². The zero-order valence-corrected chi connectivity index (χ0v) is 12.4. The van der Waals surface area contributed by atoms with Crippen LogP contribution in [0.5, 0.6) is 0 Å². The standard InChI is InChI=1S/C15H16N2O3S/c1-12-4-7-14(20-12)11-17-21(18,19)15-8-5-13(6-9-15)3-2-10-16/h4-9,17H,10-11,16H2,1H3. The van der Waals surface area contributed by atoms with Crippen LogP contribution in [0.1, 0.15) is 17.1 Å². The summed E-state index contributed by atoms with van der Waals surface area (Å²) in [6.07, 6.45) is 0. The molecule has 1 heterocycles. The van der Waals surface area contributed by atoms with E-state index in [1.165, 1.54) is 12.1 Å². The van der Waals surface area contributed by atoms with Crippen LogP contribution in [0.4, 0.5) is 0 Å². The Morgan fingerprint density at radius 3 is 2.48 bits per heavy atom. The lowest BCUT2D eigenvalue weighted by molar-refractivity contribution is 0.475. The number of hydrogen-bond donors (Lipinski definition) is 2. The van der Waals surface area contributed by atoms with Gasteiger partial charge in [0.05, 0.1) is 18.0 Å². The number of rotatable bonds is 4. The predicted octanol–water partition coefficient (Wildman–Crippen LogP) is 1.38. The molecule has 0 amide bonds. The maximum atomic E-state index is 12.1. The Balaban J connectivity index is 2.08. The minimum Gasteiger partial charge on any atom is -0.465 e. The quantitative estimate of drug-likeness (QED) is 0.836. The average Bonchev–Trinajstić information content (AvgIpc) is 2.89. The van der Waals surface area contributed by atoms with Gasteiger partial charge >= 0.3 is 0 Å². The smallest absolute Gasteiger partial charge is 0.240 e. The number of nitrogens with two attached hydrogens (primary N) is 1. The fourth-order valence-corrected chi connectivity index (χ4v) is 2.69. The molecule has 0 aliphatic rings. The van der Waals surface area contributed by atoms with Crippen molar-refractivity contribution in [2.24, 2.45) is 5.73 Å². The third-order valence-electron chi connectivity index (χ3n) is 2.73. The summed E-state index contributed by atoms with van der Waals surface area (Å²) in [4.78, 5) is 0.184. The summed E-state index contributed by atoms with van der Waals surface area (Å²) in [5.74, 6) is 6.86. The van der Waals surface area contributed by atoms with Gasteiger partial charge in [0.1, 0.15) is 11.5 Å². The van der Waals surface area contributed by atoms with E-state index >= 15 is 0 Å². The molecular formula is C15H16N2O3S. The lowest BCUT2D eigenvalue weighted by Gasteiger charge is -2.05. The molecule has 2 rings (SSSR count). The van der Waals surface area contributed by atoms with Crippen LogP contribution in [-0.4, -0.2) is 15.0 Å². The number of benzene rings is 1. The van der Waals surface area contributed by atoms with E-state index in [0.29, 0.717) is 5.76 Å². The predicted molar refractivity (Wildman–Crippen MR) is 79.8 cm³/mol. The van der Waals surface area contributed by atoms with E-state index in [-0.39, 0.29) is 18.0 Å². The van der Waals surface area contributed by atoms with Crippen molar-refractivity contribution >= 4 is 10.0 Å². The molecule has 0 spiro atoms. The Morgan fingerprint density at radius 1 is 1.19 bits per heavy atom. The molecule has 1 aromatic heterocycles. The second-order valence-electron chi connectivity index (χ2n) is 4.37. The average molecular weight is 304 g/mol. The van der Waals surface area contributed by atoms with E-state index in [2.05, 4.69) is 16.6 Å². The van der Waals surface area contributed by atoms with E-state index in [0.717, 1.165) is 11.3 Å². The van der Waals surface area contributed by atoms with Gasteiger partial charge in [0.15, 0.2) is 0 Å². The van der Waals surface area contributed by atoms with Crippen molar-refractivity contribution in [1.82, 2.24) is 4.72 Å². The molecule has 5 nitrogen and oxygen atoms in total. The summed E-state index contributed by atoms with van der Waals surface area (Å²) < 4.78 is 32.1. The second-order valence-corrected chi connectivity index (χ2v) is 6.13. The lowest BCUT2D eigenvalue weighted by atomic mass is 10.2. The van der Waals surface area contributed by atoms with Crippen molar-refractivity contribution in [2.75, 3.05) is 6.54 Å². The van der Waals surface area contributed by atoms with Crippen molar-refractivity contribution in [3.05, 3.63) is 53.5 Å². The van der Waals surface area contributed by atoms with Gasteiger partial charge in [-0.2, -0.15) is 0 Å². The van der Waals surface area contributed by atoms with Crippen molar-refractivity contribution in [1.29, 1.82) is 0 Å². The first-order chi connectivity index (χ1) is 10.0. The van der Waals surface area contributed by atoms with Crippen LogP contribution in [0, 0.1) is 18.8 Å². The topological polar surface area (TPSA) is 85.3 Å². The molecule has 1 aromatic carbocycles. The van der Waals surface area contributed by atoms with Gasteiger partial charge < -0.3 is 10.2 Å². The first kappa shape index (κ1) is 15.3. The van der Waals surface area contributed by atoms with E-state index in [9.17, 15) is 8.42 Å². The minimum absolute atomic E-state index is 0.116. The van der Waals surface area contributed by atoms with Gasteiger partial charge in [0.25, 0.3) is 0 Å². The summed E-state index contributed by atoms with van der Waals surface area (Å²) in [6, 6.07) is 9.84. The number of sulfonamides is 1. The second kappa shape index (κ2) is 6.59. The molecule has 0 saturated heterocycles. The zero-order chi connectivity index (χ0) is 15.3. The van der Waals surface area contributed by atoms with Crippen molar-refractivity contribution in [2.45, 2.75) is 18.4 Å². The van der Waals surface area contributed by atoms with E-state index < -0.39 is 10.0 Å². The molecule has 2 aromatic rings. The van der Waals surface area contributed by atoms with Crippen LogP contribution >= 0.6 is 0 Å². The first-order valence-electron chi connectivity index (χ1n) is 6.35. The Hall–Kier alpha value is -2.07. The van der Waals surface area contributed by atoms with Crippen LogP contribution in [-0.2, 0) is 16.6 Å². The molecular weight excluding hydrogens is 288 g/mol. The molecule has 0 unspecified atom stereocenters. The van der Waals surface area contributed by atoms with Crippen molar-refractivity contribution < 1.29 is 12.8 Å². The van der Waals surface area contributed by atoms with Gasteiger partial charge in [0, 0.05) is 5.56 Å². The van der Waals surface area contributed by atoms with Crippen LogP contribution < -0.4 is 10.5 Å². The third-order valence-corrected chi connectivity index (χ3v) is 4.15. The summed E-state index contributed by atoms with van der Waals surface area (Å²) in [5.41, 5.74) is 6.01.